The van der Waals surface area contributed by atoms with Gasteiger partial charge in [-0.2, -0.15) is 0 Å². The van der Waals surface area contributed by atoms with E-state index in [-0.39, 0.29) is 12.6 Å². The first kappa shape index (κ1) is 11.3. The Bertz CT molecular complexity index is 281. The first-order valence-electron chi connectivity index (χ1n) is 5.17. The number of nitrogens with one attached hydrogen (secondary N) is 1. The first-order valence-corrected chi connectivity index (χ1v) is 5.17. The molecule has 14 heavy (non-hydrogen) atoms. The fourth-order valence-corrected chi connectivity index (χ4v) is 1.76. The van der Waals surface area contributed by atoms with Gasteiger partial charge in [0.25, 0.3) is 0 Å². The van der Waals surface area contributed by atoms with E-state index in [1.807, 2.05) is 6.92 Å². The van der Waals surface area contributed by atoms with E-state index in [1.165, 1.54) is 5.56 Å². The predicted octanol–water partition coefficient (Wildman–Crippen LogP) is 1.79. The van der Waals surface area contributed by atoms with Crippen molar-refractivity contribution in [3.05, 3.63) is 23.0 Å². The molecule has 0 amide bonds. The molecule has 0 aromatic carbocycles. The molecule has 0 spiro atoms. The number of rotatable bonds is 5. The van der Waals surface area contributed by atoms with E-state index < -0.39 is 0 Å². The smallest absolute Gasteiger partial charge is 0.0450 e. The van der Waals surface area contributed by atoms with Crippen molar-refractivity contribution < 1.29 is 5.11 Å². The number of aryl methyl sites for hydroxylation is 2. The number of unbranched alkanes of at least 4 members (excludes halogenated alkanes) is 1. The lowest BCUT2D eigenvalue weighted by atomic mass is 10.1. The highest BCUT2D eigenvalue weighted by molar-refractivity contribution is 5.26. The minimum atomic E-state index is 0.0789. The molecular formula is C11H20N2O. The molecule has 0 fully saturated rings. The van der Waals surface area contributed by atoms with Crippen LogP contribution in [-0.2, 0) is 0 Å². The number of aromatic nitrogens is 1. The zero-order chi connectivity index (χ0) is 10.6. The summed E-state index contributed by atoms with van der Waals surface area (Å²) in [6, 6.07) is 2.19. The second-order valence-electron chi connectivity index (χ2n) is 3.87. The van der Waals surface area contributed by atoms with E-state index >= 15 is 0 Å². The normalized spacial score (nSPS) is 13.1. The summed E-state index contributed by atoms with van der Waals surface area (Å²) in [6.07, 6.45) is 2.75. The third-order valence-corrected chi connectivity index (χ3v) is 2.48. The zero-order valence-electron chi connectivity index (χ0n) is 9.01. The maximum Gasteiger partial charge on any atom is 0.0450 e. The Hall–Kier alpha value is -0.800. The molecule has 1 atom stereocenters. The van der Waals surface area contributed by atoms with Crippen molar-refractivity contribution in [1.82, 2.24) is 4.98 Å². The Labute approximate surface area is 85.3 Å². The lowest BCUT2D eigenvalue weighted by Gasteiger charge is -2.10. The maximum atomic E-state index is 8.66. The number of hydrogen-bond donors (Lipinski definition) is 3. The zero-order valence-corrected chi connectivity index (χ0v) is 9.01. The molecule has 0 saturated carbocycles. The molecule has 0 saturated heterocycles. The van der Waals surface area contributed by atoms with Gasteiger partial charge in [0.15, 0.2) is 0 Å². The molecule has 0 bridgehead atoms. The van der Waals surface area contributed by atoms with Gasteiger partial charge in [-0.15, -0.1) is 0 Å². The molecule has 0 unspecified atom stereocenters. The molecule has 0 aliphatic carbocycles. The van der Waals surface area contributed by atoms with Crippen LogP contribution in [-0.4, -0.2) is 16.7 Å². The van der Waals surface area contributed by atoms with Crippen LogP contribution in [0.15, 0.2) is 6.07 Å². The molecule has 1 rings (SSSR count). The number of H-pyrrole nitrogens is 1. The maximum absolute atomic E-state index is 8.66. The highest BCUT2D eigenvalue weighted by atomic mass is 16.2. The summed E-state index contributed by atoms with van der Waals surface area (Å²) < 4.78 is 0. The van der Waals surface area contributed by atoms with Crippen molar-refractivity contribution in [1.29, 1.82) is 0 Å². The van der Waals surface area contributed by atoms with Gasteiger partial charge in [0.05, 0.1) is 0 Å². The van der Waals surface area contributed by atoms with Gasteiger partial charge in [-0.3, -0.25) is 0 Å². The molecule has 0 aliphatic heterocycles. The summed E-state index contributed by atoms with van der Waals surface area (Å²) in [7, 11) is 0. The SMILES string of the molecule is Cc1cc(C)c([C@H](N)CCCCO)[nH]1. The average molecular weight is 196 g/mol. The van der Waals surface area contributed by atoms with Crippen molar-refractivity contribution in [2.24, 2.45) is 5.73 Å². The van der Waals surface area contributed by atoms with E-state index in [0.29, 0.717) is 0 Å². The summed E-state index contributed by atoms with van der Waals surface area (Å²) in [4.78, 5) is 3.28. The molecule has 0 aliphatic rings. The highest BCUT2D eigenvalue weighted by Crippen LogP contribution is 2.20. The fraction of sp³-hybridized carbons (Fsp3) is 0.636. The third kappa shape index (κ3) is 2.86. The van der Waals surface area contributed by atoms with Crippen LogP contribution in [0.4, 0.5) is 0 Å². The molecule has 4 N–H and O–H groups in total. The lowest BCUT2D eigenvalue weighted by molar-refractivity contribution is 0.281. The molecule has 0 radical (unpaired) electrons. The van der Waals surface area contributed by atoms with Crippen LogP contribution in [0.5, 0.6) is 0 Å². The summed E-state index contributed by atoms with van der Waals surface area (Å²) in [5.41, 5.74) is 9.57. The number of aliphatic hydroxyl groups excluding tert-OH is 1. The van der Waals surface area contributed by atoms with Gasteiger partial charge in [0.1, 0.15) is 0 Å². The van der Waals surface area contributed by atoms with Crippen molar-refractivity contribution in [2.45, 2.75) is 39.2 Å². The van der Waals surface area contributed by atoms with Crippen molar-refractivity contribution >= 4 is 0 Å². The summed E-state index contributed by atoms with van der Waals surface area (Å²) in [6.45, 7) is 4.37. The number of aromatic amines is 1. The Balaban J connectivity index is 2.51. The first-order chi connectivity index (χ1) is 6.65. The summed E-state index contributed by atoms with van der Waals surface area (Å²) in [5.74, 6) is 0. The van der Waals surface area contributed by atoms with Gasteiger partial charge < -0.3 is 15.8 Å². The molecule has 1 heterocycles. The Morgan fingerprint density at radius 1 is 1.43 bits per heavy atom. The fourth-order valence-electron chi connectivity index (χ4n) is 1.76. The van der Waals surface area contributed by atoms with Crippen LogP contribution in [0.1, 0.15) is 42.3 Å². The van der Waals surface area contributed by atoms with E-state index in [4.69, 9.17) is 10.8 Å². The highest BCUT2D eigenvalue weighted by Gasteiger charge is 2.10. The van der Waals surface area contributed by atoms with Crippen LogP contribution in [0.2, 0.25) is 0 Å². The average Bonchev–Trinajstić information content (AvgIpc) is 2.45. The summed E-state index contributed by atoms with van der Waals surface area (Å²) >= 11 is 0. The van der Waals surface area contributed by atoms with Gasteiger partial charge in [-0.05, 0) is 44.7 Å². The van der Waals surface area contributed by atoms with Crippen LogP contribution in [0, 0.1) is 13.8 Å². The number of hydrogen-bond acceptors (Lipinski definition) is 2. The lowest BCUT2D eigenvalue weighted by Crippen LogP contribution is -2.12. The number of nitrogens with two attached hydrogens (primary N) is 1. The van der Waals surface area contributed by atoms with Crippen LogP contribution < -0.4 is 5.73 Å². The standard InChI is InChI=1S/C11H20N2O/c1-8-7-9(2)13-11(8)10(12)5-3-4-6-14/h7,10,13-14H,3-6,12H2,1-2H3/t10-/m1/s1. The van der Waals surface area contributed by atoms with E-state index in [1.54, 1.807) is 0 Å². The van der Waals surface area contributed by atoms with Crippen molar-refractivity contribution in [3.8, 4) is 0 Å². The largest absolute Gasteiger partial charge is 0.396 e. The molecular weight excluding hydrogens is 176 g/mol. The predicted molar refractivity (Wildman–Crippen MR) is 58.1 cm³/mol. The van der Waals surface area contributed by atoms with E-state index in [2.05, 4.69) is 18.0 Å². The van der Waals surface area contributed by atoms with E-state index in [0.717, 1.165) is 30.7 Å². The molecule has 3 nitrogen and oxygen atoms in total. The summed E-state index contributed by atoms with van der Waals surface area (Å²) in [5, 5.41) is 8.66. The van der Waals surface area contributed by atoms with Crippen molar-refractivity contribution in [2.75, 3.05) is 6.61 Å². The van der Waals surface area contributed by atoms with Crippen molar-refractivity contribution in [3.63, 3.8) is 0 Å². The molecule has 3 heteroatoms. The van der Waals surface area contributed by atoms with Crippen LogP contribution in [0.25, 0.3) is 0 Å². The Morgan fingerprint density at radius 2 is 2.14 bits per heavy atom. The Morgan fingerprint density at radius 3 is 2.64 bits per heavy atom. The van der Waals surface area contributed by atoms with Gasteiger partial charge >= 0.3 is 0 Å². The topological polar surface area (TPSA) is 62.0 Å². The Kier molecular flexibility index (Phi) is 4.17. The van der Waals surface area contributed by atoms with Gasteiger partial charge in [-0.1, -0.05) is 0 Å². The van der Waals surface area contributed by atoms with Crippen LogP contribution in [0.3, 0.4) is 0 Å². The minimum absolute atomic E-state index is 0.0789. The van der Waals surface area contributed by atoms with Gasteiger partial charge in [0, 0.05) is 24.0 Å². The van der Waals surface area contributed by atoms with Gasteiger partial charge in [0.2, 0.25) is 0 Å². The van der Waals surface area contributed by atoms with Crippen LogP contribution >= 0.6 is 0 Å². The molecule has 1 aromatic rings. The second kappa shape index (κ2) is 5.17. The monoisotopic (exact) mass is 196 g/mol. The second-order valence-corrected chi connectivity index (χ2v) is 3.87. The minimum Gasteiger partial charge on any atom is -0.396 e. The third-order valence-electron chi connectivity index (χ3n) is 2.48. The number of aliphatic hydroxyl groups is 1. The molecule has 80 valence electrons. The molecule has 1 aromatic heterocycles. The van der Waals surface area contributed by atoms with E-state index in [9.17, 15) is 0 Å². The quantitative estimate of drug-likeness (QED) is 0.629. The van der Waals surface area contributed by atoms with Gasteiger partial charge in [-0.25, -0.2) is 0 Å².